The highest BCUT2D eigenvalue weighted by Crippen LogP contribution is 2.19. The Morgan fingerprint density at radius 1 is 1.08 bits per heavy atom. The van der Waals surface area contributed by atoms with Gasteiger partial charge in [-0.3, -0.25) is 4.79 Å². The van der Waals surface area contributed by atoms with Crippen LogP contribution in [0.25, 0.3) is 0 Å². The van der Waals surface area contributed by atoms with Crippen molar-refractivity contribution in [2.75, 3.05) is 18.9 Å². The lowest BCUT2D eigenvalue weighted by Crippen LogP contribution is -2.26. The van der Waals surface area contributed by atoms with E-state index in [9.17, 15) is 4.79 Å². The number of para-hydroxylation sites is 1. The predicted octanol–water partition coefficient (Wildman–Crippen LogP) is 4.46. The highest BCUT2D eigenvalue weighted by Gasteiger charge is 2.04. The number of amides is 1. The summed E-state index contributed by atoms with van der Waals surface area (Å²) in [6.45, 7) is 3.55. The van der Waals surface area contributed by atoms with Crippen LogP contribution in [0.3, 0.4) is 0 Å². The molecule has 0 spiro atoms. The van der Waals surface area contributed by atoms with Crippen LogP contribution in [0.2, 0.25) is 0 Å². The monoisotopic (exact) mass is 357 g/mol. The minimum Gasteiger partial charge on any atom is -0.493 e. The average molecular weight is 358 g/mol. The minimum atomic E-state index is 0.108. The van der Waals surface area contributed by atoms with E-state index < -0.39 is 0 Å². The molecule has 0 aromatic heterocycles. The molecule has 3 nitrogen and oxygen atoms in total. The van der Waals surface area contributed by atoms with Gasteiger partial charge in [-0.1, -0.05) is 55.5 Å². The van der Waals surface area contributed by atoms with Crippen molar-refractivity contribution in [2.45, 2.75) is 31.9 Å². The Bertz CT molecular complexity index is 631. The number of nitrogens with one attached hydrogen (secondary N) is 1. The van der Waals surface area contributed by atoms with Crippen molar-refractivity contribution in [3.8, 4) is 5.75 Å². The molecule has 0 saturated carbocycles. The van der Waals surface area contributed by atoms with Crippen molar-refractivity contribution in [3.05, 3.63) is 65.7 Å². The van der Waals surface area contributed by atoms with Crippen molar-refractivity contribution in [2.24, 2.45) is 0 Å². The van der Waals surface area contributed by atoms with Gasteiger partial charge < -0.3 is 10.1 Å². The molecule has 0 aliphatic heterocycles. The second-order valence-electron chi connectivity index (χ2n) is 5.89. The Morgan fingerprint density at radius 3 is 2.64 bits per heavy atom. The summed E-state index contributed by atoms with van der Waals surface area (Å²) >= 11 is 1.65. The van der Waals surface area contributed by atoms with E-state index in [1.807, 2.05) is 36.4 Å². The summed E-state index contributed by atoms with van der Waals surface area (Å²) in [5.74, 6) is 2.45. The Morgan fingerprint density at radius 2 is 1.84 bits per heavy atom. The van der Waals surface area contributed by atoms with E-state index in [4.69, 9.17) is 4.74 Å². The van der Waals surface area contributed by atoms with Crippen LogP contribution >= 0.6 is 11.8 Å². The molecule has 0 heterocycles. The summed E-state index contributed by atoms with van der Waals surface area (Å²) < 4.78 is 5.77. The molecule has 1 amide bonds. The number of benzene rings is 2. The molecule has 2 aromatic carbocycles. The topological polar surface area (TPSA) is 38.3 Å². The Hall–Kier alpha value is -1.94. The van der Waals surface area contributed by atoms with Crippen LogP contribution in [-0.4, -0.2) is 24.8 Å². The molecule has 0 saturated heterocycles. The fourth-order valence-electron chi connectivity index (χ4n) is 2.46. The van der Waals surface area contributed by atoms with E-state index >= 15 is 0 Å². The smallest absolute Gasteiger partial charge is 0.230 e. The van der Waals surface area contributed by atoms with E-state index in [2.05, 4.69) is 30.4 Å². The van der Waals surface area contributed by atoms with Gasteiger partial charge in [0.2, 0.25) is 5.91 Å². The Balaban J connectivity index is 1.61. The first-order valence-electron chi connectivity index (χ1n) is 8.88. The number of hydrogen-bond acceptors (Lipinski definition) is 3. The molecule has 2 aromatic rings. The second-order valence-corrected chi connectivity index (χ2v) is 6.87. The molecule has 0 aliphatic carbocycles. The van der Waals surface area contributed by atoms with Gasteiger partial charge in [-0.05, 0) is 36.5 Å². The number of hydrogen-bond donors (Lipinski definition) is 1. The number of aryl methyl sites for hydroxylation is 1. The van der Waals surface area contributed by atoms with Gasteiger partial charge in [0.1, 0.15) is 5.75 Å². The highest BCUT2D eigenvalue weighted by molar-refractivity contribution is 7.99. The molecule has 4 heteroatoms. The zero-order valence-corrected chi connectivity index (χ0v) is 15.7. The van der Waals surface area contributed by atoms with Crippen molar-refractivity contribution in [3.63, 3.8) is 0 Å². The van der Waals surface area contributed by atoms with Gasteiger partial charge in [0.15, 0.2) is 0 Å². The number of rotatable bonds is 11. The molecular weight excluding hydrogens is 330 g/mol. The third-order valence-corrected chi connectivity index (χ3v) is 4.73. The third kappa shape index (κ3) is 7.65. The van der Waals surface area contributed by atoms with E-state index in [0.29, 0.717) is 12.3 Å². The van der Waals surface area contributed by atoms with Crippen molar-refractivity contribution >= 4 is 17.7 Å². The fourth-order valence-corrected chi connectivity index (χ4v) is 3.27. The molecule has 0 fully saturated rings. The average Bonchev–Trinajstić information content (AvgIpc) is 2.65. The molecule has 0 atom stereocenters. The van der Waals surface area contributed by atoms with Crippen molar-refractivity contribution in [1.29, 1.82) is 0 Å². The van der Waals surface area contributed by atoms with Gasteiger partial charge >= 0.3 is 0 Å². The maximum atomic E-state index is 11.9. The predicted molar refractivity (Wildman–Crippen MR) is 106 cm³/mol. The first-order valence-corrected chi connectivity index (χ1v) is 10.0. The van der Waals surface area contributed by atoms with Crippen LogP contribution in [0.5, 0.6) is 5.75 Å². The first kappa shape index (κ1) is 19.4. The number of thioether (sulfide) groups is 1. The minimum absolute atomic E-state index is 0.108. The van der Waals surface area contributed by atoms with E-state index in [1.54, 1.807) is 11.8 Å². The summed E-state index contributed by atoms with van der Waals surface area (Å²) in [6.07, 6.45) is 2.84. The molecule has 0 unspecified atom stereocenters. The molecule has 134 valence electrons. The molecule has 2 rings (SSSR count). The summed E-state index contributed by atoms with van der Waals surface area (Å²) in [7, 11) is 0. The Kier molecular flexibility index (Phi) is 8.98. The normalized spacial score (nSPS) is 10.4. The van der Waals surface area contributed by atoms with Gasteiger partial charge in [-0.2, -0.15) is 0 Å². The summed E-state index contributed by atoms with van der Waals surface area (Å²) in [4.78, 5) is 11.9. The standard InChI is InChI=1S/C21H27NO2S/c1-2-15-24-20-13-7-6-11-19(20)12-8-14-22-21(23)17-25-16-18-9-4-3-5-10-18/h3-7,9-11,13H,2,8,12,14-17H2,1H3,(H,22,23). The van der Waals surface area contributed by atoms with Gasteiger partial charge in [-0.25, -0.2) is 0 Å². The largest absolute Gasteiger partial charge is 0.493 e. The lowest BCUT2D eigenvalue weighted by Gasteiger charge is -2.11. The summed E-state index contributed by atoms with van der Waals surface area (Å²) in [5.41, 5.74) is 2.47. The number of carbonyl (C=O) groups excluding carboxylic acids is 1. The molecule has 1 N–H and O–H groups in total. The van der Waals surface area contributed by atoms with Gasteiger partial charge in [-0.15, -0.1) is 11.8 Å². The fraction of sp³-hybridized carbons (Fsp3) is 0.381. The molecule has 0 bridgehead atoms. The lowest BCUT2D eigenvalue weighted by molar-refractivity contribution is -0.118. The van der Waals surface area contributed by atoms with E-state index in [-0.39, 0.29) is 5.91 Å². The van der Waals surface area contributed by atoms with Gasteiger partial charge in [0, 0.05) is 12.3 Å². The zero-order valence-electron chi connectivity index (χ0n) is 14.9. The zero-order chi connectivity index (χ0) is 17.7. The SMILES string of the molecule is CCCOc1ccccc1CCCNC(=O)CSCc1ccccc1. The van der Waals surface area contributed by atoms with Gasteiger partial charge in [0.05, 0.1) is 12.4 Å². The molecular formula is C21H27NO2S. The van der Waals surface area contributed by atoms with Crippen LogP contribution in [0.15, 0.2) is 54.6 Å². The number of carbonyl (C=O) groups is 1. The van der Waals surface area contributed by atoms with E-state index in [1.165, 1.54) is 11.1 Å². The second kappa shape index (κ2) is 11.6. The summed E-state index contributed by atoms with van der Waals surface area (Å²) in [5, 5.41) is 3.00. The van der Waals surface area contributed by atoms with Crippen LogP contribution in [0.1, 0.15) is 30.9 Å². The molecule has 0 aliphatic rings. The van der Waals surface area contributed by atoms with Gasteiger partial charge in [0.25, 0.3) is 0 Å². The highest BCUT2D eigenvalue weighted by atomic mass is 32.2. The van der Waals surface area contributed by atoms with Crippen LogP contribution in [0, 0.1) is 0 Å². The van der Waals surface area contributed by atoms with Crippen LogP contribution < -0.4 is 10.1 Å². The number of ether oxygens (including phenoxy) is 1. The van der Waals surface area contributed by atoms with Crippen LogP contribution in [-0.2, 0) is 17.0 Å². The Labute approximate surface area is 155 Å². The third-order valence-electron chi connectivity index (χ3n) is 3.72. The van der Waals surface area contributed by atoms with Crippen LogP contribution in [0.4, 0.5) is 0 Å². The molecule has 25 heavy (non-hydrogen) atoms. The van der Waals surface area contributed by atoms with E-state index in [0.717, 1.165) is 37.4 Å². The maximum absolute atomic E-state index is 11.9. The quantitative estimate of drug-likeness (QED) is 0.604. The maximum Gasteiger partial charge on any atom is 0.230 e. The van der Waals surface area contributed by atoms with Crippen molar-refractivity contribution < 1.29 is 9.53 Å². The summed E-state index contributed by atoms with van der Waals surface area (Å²) in [6, 6.07) is 18.4. The lowest BCUT2D eigenvalue weighted by atomic mass is 10.1. The molecule has 0 radical (unpaired) electrons. The first-order chi connectivity index (χ1) is 12.3. The van der Waals surface area contributed by atoms with Crippen molar-refractivity contribution in [1.82, 2.24) is 5.32 Å².